The number of nitrogens with two attached hydrogens (primary N) is 1. The number of nitrogens with zero attached hydrogens (tertiary/aromatic N) is 1. The molecule has 0 atom stereocenters. The van der Waals surface area contributed by atoms with Crippen molar-refractivity contribution in [3.05, 3.63) is 52.7 Å². The van der Waals surface area contributed by atoms with Crippen LogP contribution in [0.15, 0.2) is 36.4 Å². The van der Waals surface area contributed by atoms with Crippen LogP contribution in [-0.4, -0.2) is 10.9 Å². The number of carbonyl (C=O) groups is 1. The highest BCUT2D eigenvalue weighted by atomic mass is 35.5. The third kappa shape index (κ3) is 3.21. The van der Waals surface area contributed by atoms with E-state index >= 15 is 0 Å². The van der Waals surface area contributed by atoms with Crippen LogP contribution < -0.4 is 16.6 Å². The van der Waals surface area contributed by atoms with Crippen LogP contribution >= 0.6 is 11.6 Å². The predicted molar refractivity (Wildman–Crippen MR) is 76.2 cm³/mol. The topological polar surface area (TPSA) is 80.0 Å². The normalized spacial score (nSPS) is 10.1. The SMILES string of the molecule is Cc1ccc(NC(=O)c2cccc(NN)n2)cc1Cl. The lowest BCUT2D eigenvalue weighted by Gasteiger charge is -2.07. The van der Waals surface area contributed by atoms with Crippen LogP contribution in [-0.2, 0) is 0 Å². The molecule has 98 valence electrons. The molecule has 0 aliphatic heterocycles. The van der Waals surface area contributed by atoms with Crippen molar-refractivity contribution < 1.29 is 4.79 Å². The maximum atomic E-state index is 12.0. The molecule has 19 heavy (non-hydrogen) atoms. The Morgan fingerprint density at radius 2 is 2.11 bits per heavy atom. The van der Waals surface area contributed by atoms with Crippen molar-refractivity contribution in [1.29, 1.82) is 0 Å². The first-order chi connectivity index (χ1) is 9.10. The lowest BCUT2D eigenvalue weighted by molar-refractivity contribution is 0.102. The number of aromatic nitrogens is 1. The third-order valence-corrected chi connectivity index (χ3v) is 2.97. The molecule has 1 aromatic heterocycles. The molecule has 6 heteroatoms. The van der Waals surface area contributed by atoms with Crippen LogP contribution in [0.25, 0.3) is 0 Å². The molecule has 2 rings (SSSR count). The molecule has 1 heterocycles. The van der Waals surface area contributed by atoms with Gasteiger partial charge in [-0.15, -0.1) is 0 Å². The quantitative estimate of drug-likeness (QED) is 0.595. The van der Waals surface area contributed by atoms with Gasteiger partial charge in [0.25, 0.3) is 5.91 Å². The molecule has 0 radical (unpaired) electrons. The summed E-state index contributed by atoms with van der Waals surface area (Å²) in [5.74, 6) is 5.35. The van der Waals surface area contributed by atoms with Gasteiger partial charge in [-0.1, -0.05) is 23.7 Å². The minimum absolute atomic E-state index is 0.271. The number of rotatable bonds is 3. The Morgan fingerprint density at radius 1 is 1.32 bits per heavy atom. The number of hydrogen-bond acceptors (Lipinski definition) is 4. The summed E-state index contributed by atoms with van der Waals surface area (Å²) < 4.78 is 0. The Kier molecular flexibility index (Phi) is 3.99. The summed E-state index contributed by atoms with van der Waals surface area (Å²) >= 11 is 6.00. The van der Waals surface area contributed by atoms with Crippen molar-refractivity contribution in [3.8, 4) is 0 Å². The Hall–Kier alpha value is -2.11. The van der Waals surface area contributed by atoms with Crippen molar-refractivity contribution in [2.45, 2.75) is 6.92 Å². The van der Waals surface area contributed by atoms with Crippen LogP contribution in [0.5, 0.6) is 0 Å². The van der Waals surface area contributed by atoms with Gasteiger partial charge < -0.3 is 10.7 Å². The number of nitrogen functional groups attached to an aromatic ring is 1. The molecule has 2 aromatic rings. The van der Waals surface area contributed by atoms with E-state index in [9.17, 15) is 4.79 Å². The molecule has 5 nitrogen and oxygen atoms in total. The number of benzene rings is 1. The van der Waals surface area contributed by atoms with E-state index in [1.165, 1.54) is 0 Å². The maximum Gasteiger partial charge on any atom is 0.274 e. The Labute approximate surface area is 115 Å². The highest BCUT2D eigenvalue weighted by molar-refractivity contribution is 6.31. The number of amides is 1. The van der Waals surface area contributed by atoms with Crippen molar-refractivity contribution >= 4 is 29.0 Å². The van der Waals surface area contributed by atoms with E-state index in [1.807, 2.05) is 13.0 Å². The second-order valence-electron chi connectivity index (χ2n) is 3.97. The molecule has 1 aromatic carbocycles. The molecule has 0 saturated carbocycles. The summed E-state index contributed by atoms with van der Waals surface area (Å²) in [5.41, 5.74) is 4.23. The number of hydrogen-bond donors (Lipinski definition) is 3. The number of pyridine rings is 1. The summed E-state index contributed by atoms with van der Waals surface area (Å²) in [6, 6.07) is 10.3. The Balaban J connectivity index is 2.18. The minimum Gasteiger partial charge on any atom is -0.321 e. The van der Waals surface area contributed by atoms with Gasteiger partial charge in [-0.3, -0.25) is 4.79 Å². The van der Waals surface area contributed by atoms with E-state index in [4.69, 9.17) is 17.4 Å². The molecular formula is C13H13ClN4O. The van der Waals surface area contributed by atoms with Crippen LogP contribution in [0.3, 0.4) is 0 Å². The summed E-state index contributed by atoms with van der Waals surface area (Å²) in [6.07, 6.45) is 0. The highest BCUT2D eigenvalue weighted by Crippen LogP contribution is 2.20. The van der Waals surface area contributed by atoms with Gasteiger partial charge in [0.2, 0.25) is 0 Å². The van der Waals surface area contributed by atoms with Gasteiger partial charge in [-0.25, -0.2) is 10.8 Å². The number of halogens is 1. The van der Waals surface area contributed by atoms with Crippen LogP contribution in [0.2, 0.25) is 5.02 Å². The zero-order chi connectivity index (χ0) is 13.8. The number of carbonyl (C=O) groups excluding carboxylic acids is 1. The highest BCUT2D eigenvalue weighted by Gasteiger charge is 2.08. The predicted octanol–water partition coefficient (Wildman–Crippen LogP) is 2.58. The number of nitrogens with one attached hydrogen (secondary N) is 2. The van der Waals surface area contributed by atoms with Crippen LogP contribution in [0.4, 0.5) is 11.5 Å². The van der Waals surface area contributed by atoms with Crippen molar-refractivity contribution in [3.63, 3.8) is 0 Å². The molecule has 0 saturated heterocycles. The van der Waals surface area contributed by atoms with E-state index in [1.54, 1.807) is 30.3 Å². The van der Waals surface area contributed by atoms with Crippen molar-refractivity contribution in [2.24, 2.45) is 5.84 Å². The van der Waals surface area contributed by atoms with Gasteiger partial charge in [0.15, 0.2) is 0 Å². The second kappa shape index (κ2) is 5.69. The van der Waals surface area contributed by atoms with Gasteiger partial charge in [0.1, 0.15) is 11.5 Å². The van der Waals surface area contributed by atoms with Gasteiger partial charge >= 0.3 is 0 Å². The van der Waals surface area contributed by atoms with Crippen molar-refractivity contribution in [2.75, 3.05) is 10.7 Å². The maximum absolute atomic E-state index is 12.0. The summed E-state index contributed by atoms with van der Waals surface area (Å²) in [7, 11) is 0. The molecule has 0 fully saturated rings. The molecule has 0 spiro atoms. The van der Waals surface area contributed by atoms with Gasteiger partial charge in [-0.2, -0.15) is 0 Å². The van der Waals surface area contributed by atoms with Crippen LogP contribution in [0.1, 0.15) is 16.1 Å². The van der Waals surface area contributed by atoms with E-state index in [-0.39, 0.29) is 11.6 Å². The van der Waals surface area contributed by atoms with Gasteiger partial charge in [-0.05, 0) is 36.8 Å². The number of anilines is 2. The molecule has 0 bridgehead atoms. The first-order valence-corrected chi connectivity index (χ1v) is 5.99. The van der Waals surface area contributed by atoms with Gasteiger partial charge in [0, 0.05) is 10.7 Å². The first-order valence-electron chi connectivity index (χ1n) is 5.61. The average molecular weight is 277 g/mol. The third-order valence-electron chi connectivity index (χ3n) is 2.56. The fourth-order valence-corrected chi connectivity index (χ4v) is 1.69. The smallest absolute Gasteiger partial charge is 0.274 e. The summed E-state index contributed by atoms with van der Waals surface area (Å²) in [6.45, 7) is 1.89. The zero-order valence-corrected chi connectivity index (χ0v) is 11.0. The Morgan fingerprint density at radius 3 is 2.79 bits per heavy atom. The molecule has 4 N–H and O–H groups in total. The molecule has 0 aliphatic carbocycles. The number of hydrazine groups is 1. The number of aryl methyl sites for hydroxylation is 1. The standard InChI is InChI=1S/C13H13ClN4O/c1-8-5-6-9(7-10(8)14)16-13(19)11-3-2-4-12(17-11)18-15/h2-7H,15H2,1H3,(H,16,19)(H,17,18). The minimum atomic E-state index is -0.322. The summed E-state index contributed by atoms with van der Waals surface area (Å²) in [5, 5.41) is 3.32. The lowest BCUT2D eigenvalue weighted by Crippen LogP contribution is -2.16. The molecular weight excluding hydrogens is 264 g/mol. The largest absolute Gasteiger partial charge is 0.321 e. The second-order valence-corrected chi connectivity index (χ2v) is 4.38. The molecule has 0 aliphatic rings. The van der Waals surface area contributed by atoms with Crippen LogP contribution in [0, 0.1) is 6.92 Å². The first kappa shape index (κ1) is 13.3. The van der Waals surface area contributed by atoms with E-state index in [2.05, 4.69) is 15.7 Å². The summed E-state index contributed by atoms with van der Waals surface area (Å²) in [4.78, 5) is 16.0. The fourth-order valence-electron chi connectivity index (χ4n) is 1.51. The van der Waals surface area contributed by atoms with Crippen molar-refractivity contribution in [1.82, 2.24) is 4.98 Å². The molecule has 0 unspecified atom stereocenters. The van der Waals surface area contributed by atoms with Gasteiger partial charge in [0.05, 0.1) is 0 Å². The lowest BCUT2D eigenvalue weighted by atomic mass is 10.2. The zero-order valence-electron chi connectivity index (χ0n) is 10.3. The Bertz CT molecular complexity index is 615. The fraction of sp³-hybridized carbons (Fsp3) is 0.0769. The monoisotopic (exact) mass is 276 g/mol. The molecule has 1 amide bonds. The van der Waals surface area contributed by atoms with E-state index in [0.717, 1.165) is 5.56 Å². The average Bonchev–Trinajstić information content (AvgIpc) is 2.43. The van der Waals surface area contributed by atoms with E-state index in [0.29, 0.717) is 16.5 Å². The van der Waals surface area contributed by atoms with E-state index < -0.39 is 0 Å².